The average molecular weight is 267 g/mol. The highest BCUT2D eigenvalue weighted by Gasteiger charge is 2.16. The minimum atomic E-state index is 0.324. The maximum atomic E-state index is 5.69. The predicted octanol–water partition coefficient (Wildman–Crippen LogP) is 4.43. The first-order valence-corrected chi connectivity index (χ1v) is 6.66. The molecule has 1 aliphatic rings. The Morgan fingerprint density at radius 2 is 2.11 bits per heavy atom. The maximum Gasteiger partial charge on any atom is 0.291 e. The number of rotatable bonds is 3. The van der Waals surface area contributed by atoms with E-state index in [1.165, 1.54) is 32.1 Å². The largest absolute Gasteiger partial charge is 0.423 e. The molecule has 0 N–H and O–H groups in total. The lowest BCUT2D eigenvalue weighted by Crippen LogP contribution is -2.12. The average Bonchev–Trinajstić information content (AvgIpc) is 3.01. The van der Waals surface area contributed by atoms with E-state index < -0.39 is 0 Å². The number of hydrogen-bond donors (Lipinski definition) is 0. The zero-order valence-corrected chi connectivity index (χ0v) is 10.8. The zero-order valence-electron chi connectivity index (χ0n) is 10.0. The van der Waals surface area contributed by atoms with Gasteiger partial charge in [0.1, 0.15) is 0 Å². The van der Waals surface area contributed by atoms with E-state index in [9.17, 15) is 0 Å². The van der Waals surface area contributed by atoms with Crippen molar-refractivity contribution in [1.29, 1.82) is 0 Å². The molecule has 3 rings (SSSR count). The summed E-state index contributed by atoms with van der Waals surface area (Å²) < 4.78 is 12.7. The SMILES string of the molecule is Clc1ccc(Oc2cnn(C3CCCCC3)c2)o1. The second kappa shape index (κ2) is 5.06. The molecule has 0 saturated heterocycles. The lowest BCUT2D eigenvalue weighted by atomic mass is 9.96. The fraction of sp³-hybridized carbons (Fsp3) is 0.462. The van der Waals surface area contributed by atoms with Gasteiger partial charge in [0, 0.05) is 12.1 Å². The molecule has 0 atom stereocenters. The van der Waals surface area contributed by atoms with E-state index in [0.717, 1.165) is 0 Å². The Balaban J connectivity index is 1.69. The van der Waals surface area contributed by atoms with E-state index in [1.54, 1.807) is 18.3 Å². The Hall–Kier alpha value is -1.42. The fourth-order valence-electron chi connectivity index (χ4n) is 2.39. The van der Waals surface area contributed by atoms with Crippen LogP contribution in [0.2, 0.25) is 5.22 Å². The summed E-state index contributed by atoms with van der Waals surface area (Å²) in [7, 11) is 0. The summed E-state index contributed by atoms with van der Waals surface area (Å²) >= 11 is 5.69. The molecule has 0 unspecified atom stereocenters. The standard InChI is InChI=1S/C13H15ClN2O2/c14-12-6-7-13(18-12)17-11-8-15-16(9-11)10-4-2-1-3-5-10/h6-10H,1-5H2. The number of hydrogen-bond acceptors (Lipinski definition) is 3. The Morgan fingerprint density at radius 3 is 2.83 bits per heavy atom. The third-order valence-corrected chi connectivity index (χ3v) is 3.50. The van der Waals surface area contributed by atoms with Crippen LogP contribution in [0.25, 0.3) is 0 Å². The second-order valence-electron chi connectivity index (χ2n) is 4.61. The molecule has 2 aromatic heterocycles. The molecule has 5 heteroatoms. The van der Waals surface area contributed by atoms with Crippen LogP contribution in [0.5, 0.6) is 11.7 Å². The van der Waals surface area contributed by atoms with E-state index in [-0.39, 0.29) is 0 Å². The Kier molecular flexibility index (Phi) is 3.28. The number of halogens is 1. The van der Waals surface area contributed by atoms with Crippen LogP contribution >= 0.6 is 11.6 Å². The molecule has 1 aliphatic carbocycles. The molecule has 0 spiro atoms. The van der Waals surface area contributed by atoms with Crippen LogP contribution < -0.4 is 4.74 Å². The first kappa shape index (κ1) is 11.7. The first-order valence-electron chi connectivity index (χ1n) is 6.28. The number of nitrogens with zero attached hydrogens (tertiary/aromatic N) is 2. The Labute approximate surface area is 110 Å². The summed E-state index contributed by atoms with van der Waals surface area (Å²) in [5.41, 5.74) is 0. The molecule has 1 fully saturated rings. The normalized spacial score (nSPS) is 16.9. The first-order chi connectivity index (χ1) is 8.81. The van der Waals surface area contributed by atoms with Crippen LogP contribution in [-0.4, -0.2) is 9.78 Å². The molecule has 2 heterocycles. The van der Waals surface area contributed by atoms with Crippen molar-refractivity contribution in [2.45, 2.75) is 38.1 Å². The highest BCUT2D eigenvalue weighted by Crippen LogP contribution is 2.30. The summed E-state index contributed by atoms with van der Waals surface area (Å²) in [6, 6.07) is 3.86. The van der Waals surface area contributed by atoms with Crippen LogP contribution in [0.3, 0.4) is 0 Å². The van der Waals surface area contributed by atoms with Crippen LogP contribution in [-0.2, 0) is 0 Å². The van der Waals surface area contributed by atoms with E-state index >= 15 is 0 Å². The van der Waals surface area contributed by atoms with Gasteiger partial charge in [-0.2, -0.15) is 5.10 Å². The zero-order chi connectivity index (χ0) is 12.4. The topological polar surface area (TPSA) is 40.2 Å². The van der Waals surface area contributed by atoms with Crippen LogP contribution in [0, 0.1) is 0 Å². The van der Waals surface area contributed by atoms with Gasteiger partial charge >= 0.3 is 0 Å². The van der Waals surface area contributed by atoms with Crippen LogP contribution in [0.1, 0.15) is 38.1 Å². The molecule has 1 saturated carbocycles. The van der Waals surface area contributed by atoms with Gasteiger partial charge in [-0.3, -0.25) is 4.68 Å². The quantitative estimate of drug-likeness (QED) is 0.825. The Bertz CT molecular complexity index is 515. The molecule has 2 aromatic rings. The van der Waals surface area contributed by atoms with Crippen molar-refractivity contribution in [3.8, 4) is 11.7 Å². The van der Waals surface area contributed by atoms with Crippen LogP contribution in [0.4, 0.5) is 0 Å². The number of aromatic nitrogens is 2. The van der Waals surface area contributed by atoms with Crippen molar-refractivity contribution >= 4 is 11.6 Å². The van der Waals surface area contributed by atoms with Crippen LogP contribution in [0.15, 0.2) is 28.9 Å². The van der Waals surface area contributed by atoms with Gasteiger partial charge < -0.3 is 9.15 Å². The third kappa shape index (κ3) is 2.53. The minimum absolute atomic E-state index is 0.324. The molecule has 0 bridgehead atoms. The molecule has 18 heavy (non-hydrogen) atoms. The van der Waals surface area contributed by atoms with Gasteiger partial charge in [-0.25, -0.2) is 0 Å². The van der Waals surface area contributed by atoms with Gasteiger partial charge in [0.15, 0.2) is 11.0 Å². The van der Waals surface area contributed by atoms with E-state index in [2.05, 4.69) is 5.10 Å². The predicted molar refractivity (Wildman–Crippen MR) is 68.1 cm³/mol. The highest BCUT2D eigenvalue weighted by molar-refractivity contribution is 6.28. The van der Waals surface area contributed by atoms with Gasteiger partial charge in [0.2, 0.25) is 0 Å². The van der Waals surface area contributed by atoms with E-state index in [1.807, 2.05) is 10.9 Å². The van der Waals surface area contributed by atoms with Gasteiger partial charge in [0.05, 0.1) is 18.4 Å². The van der Waals surface area contributed by atoms with Gasteiger partial charge in [-0.05, 0) is 24.4 Å². The second-order valence-corrected chi connectivity index (χ2v) is 4.98. The van der Waals surface area contributed by atoms with Gasteiger partial charge in [-0.15, -0.1) is 0 Å². The van der Waals surface area contributed by atoms with Crippen molar-refractivity contribution in [2.24, 2.45) is 0 Å². The molecule has 0 aliphatic heterocycles. The summed E-state index contributed by atoms with van der Waals surface area (Å²) in [4.78, 5) is 0. The summed E-state index contributed by atoms with van der Waals surface area (Å²) in [5, 5.41) is 4.68. The highest BCUT2D eigenvalue weighted by atomic mass is 35.5. The number of ether oxygens (including phenoxy) is 1. The molecule has 4 nitrogen and oxygen atoms in total. The lowest BCUT2D eigenvalue weighted by molar-refractivity contribution is 0.325. The van der Waals surface area contributed by atoms with Crippen molar-refractivity contribution in [2.75, 3.05) is 0 Å². The summed E-state index contributed by atoms with van der Waals surface area (Å²) in [5.74, 6) is 1.08. The molecule has 0 aromatic carbocycles. The molecular formula is C13H15ClN2O2. The van der Waals surface area contributed by atoms with Gasteiger partial charge in [-0.1, -0.05) is 19.3 Å². The smallest absolute Gasteiger partial charge is 0.291 e. The maximum absolute atomic E-state index is 5.69. The monoisotopic (exact) mass is 266 g/mol. The summed E-state index contributed by atoms with van der Waals surface area (Å²) in [6.07, 6.45) is 9.95. The Morgan fingerprint density at radius 1 is 1.28 bits per heavy atom. The number of furan rings is 1. The van der Waals surface area contributed by atoms with Crippen molar-refractivity contribution in [3.63, 3.8) is 0 Å². The van der Waals surface area contributed by atoms with Crippen molar-refractivity contribution < 1.29 is 9.15 Å². The van der Waals surface area contributed by atoms with Crippen molar-refractivity contribution in [1.82, 2.24) is 9.78 Å². The summed E-state index contributed by atoms with van der Waals surface area (Å²) in [6.45, 7) is 0. The van der Waals surface area contributed by atoms with E-state index in [0.29, 0.717) is 23.0 Å². The molecule has 0 radical (unpaired) electrons. The lowest BCUT2D eigenvalue weighted by Gasteiger charge is -2.21. The molecular weight excluding hydrogens is 252 g/mol. The van der Waals surface area contributed by atoms with E-state index in [4.69, 9.17) is 20.8 Å². The molecule has 0 amide bonds. The van der Waals surface area contributed by atoms with Gasteiger partial charge in [0.25, 0.3) is 5.95 Å². The molecule has 96 valence electrons. The van der Waals surface area contributed by atoms with Crippen molar-refractivity contribution in [3.05, 3.63) is 29.7 Å². The third-order valence-electron chi connectivity index (χ3n) is 3.29. The fourth-order valence-corrected chi connectivity index (χ4v) is 2.53. The minimum Gasteiger partial charge on any atom is -0.423 e.